The van der Waals surface area contributed by atoms with E-state index in [2.05, 4.69) is 20.2 Å². The predicted octanol–water partition coefficient (Wildman–Crippen LogP) is 1.17. The molecule has 2 N–H and O–H groups in total. The van der Waals surface area contributed by atoms with E-state index in [1.165, 1.54) is 6.20 Å². The molecule has 0 bridgehead atoms. The molecule has 14 heavy (non-hydrogen) atoms. The second-order valence-electron chi connectivity index (χ2n) is 2.57. The molecule has 2 rings (SSSR count). The molecule has 2 aromatic heterocycles. The topological polar surface area (TPSA) is 77.6 Å². The molecule has 0 saturated carbocycles. The highest BCUT2D eigenvalue weighted by atomic mass is 35.5. The Kier molecular flexibility index (Phi) is 2.24. The van der Waals surface area contributed by atoms with Gasteiger partial charge in [-0.2, -0.15) is 0 Å². The predicted molar refractivity (Wildman–Crippen MR) is 52.5 cm³/mol. The highest BCUT2D eigenvalue weighted by Gasteiger charge is 2.02. The van der Waals surface area contributed by atoms with Crippen LogP contribution < -0.4 is 5.73 Å². The summed E-state index contributed by atoms with van der Waals surface area (Å²) in [6.45, 7) is 0. The number of aromatic nitrogens is 4. The molecule has 5 nitrogen and oxygen atoms in total. The van der Waals surface area contributed by atoms with Crippen molar-refractivity contribution in [2.45, 2.75) is 0 Å². The Morgan fingerprint density at radius 3 is 2.57 bits per heavy atom. The first-order chi connectivity index (χ1) is 6.75. The minimum Gasteiger partial charge on any atom is -0.382 e. The second kappa shape index (κ2) is 3.55. The monoisotopic (exact) mass is 207 g/mol. The molecule has 2 heterocycles. The minimum atomic E-state index is 0.320. The summed E-state index contributed by atoms with van der Waals surface area (Å²) in [5.41, 5.74) is 6.56. The SMILES string of the molecule is Nc1ccc(-c2cncc(Cl)n2)nn1. The van der Waals surface area contributed by atoms with Crippen molar-refractivity contribution in [2.24, 2.45) is 0 Å². The van der Waals surface area contributed by atoms with Crippen molar-refractivity contribution in [1.29, 1.82) is 0 Å². The molecule has 0 atom stereocenters. The average Bonchev–Trinajstić information content (AvgIpc) is 2.19. The van der Waals surface area contributed by atoms with Crippen molar-refractivity contribution in [3.8, 4) is 11.4 Å². The number of nitrogens with zero attached hydrogens (tertiary/aromatic N) is 4. The van der Waals surface area contributed by atoms with Crippen LogP contribution in [0.15, 0.2) is 24.5 Å². The number of nitrogen functional groups attached to an aromatic ring is 1. The molecule has 0 fully saturated rings. The Morgan fingerprint density at radius 2 is 1.93 bits per heavy atom. The molecule has 6 heteroatoms. The molecular weight excluding hydrogens is 202 g/mol. The van der Waals surface area contributed by atoms with Crippen LogP contribution in [0, 0.1) is 0 Å². The van der Waals surface area contributed by atoms with E-state index in [0.717, 1.165) is 0 Å². The lowest BCUT2D eigenvalue weighted by Gasteiger charge is -1.98. The van der Waals surface area contributed by atoms with E-state index in [1.807, 2.05) is 0 Å². The zero-order valence-electron chi connectivity index (χ0n) is 7.05. The Bertz CT molecular complexity index is 442. The van der Waals surface area contributed by atoms with Gasteiger partial charge in [0.05, 0.1) is 12.4 Å². The molecular formula is C8H6ClN5. The van der Waals surface area contributed by atoms with Crippen LogP contribution in [0.3, 0.4) is 0 Å². The number of anilines is 1. The lowest BCUT2D eigenvalue weighted by molar-refractivity contribution is 1.03. The average molecular weight is 208 g/mol. The van der Waals surface area contributed by atoms with Crippen molar-refractivity contribution >= 4 is 17.4 Å². The smallest absolute Gasteiger partial charge is 0.148 e. The third-order valence-corrected chi connectivity index (χ3v) is 1.73. The van der Waals surface area contributed by atoms with Crippen molar-refractivity contribution in [2.75, 3.05) is 5.73 Å². The van der Waals surface area contributed by atoms with Crippen molar-refractivity contribution in [3.05, 3.63) is 29.7 Å². The molecule has 0 aliphatic heterocycles. The molecule has 0 amide bonds. The fraction of sp³-hybridized carbons (Fsp3) is 0. The molecule has 0 spiro atoms. The van der Waals surface area contributed by atoms with Crippen molar-refractivity contribution in [1.82, 2.24) is 20.2 Å². The summed E-state index contributed by atoms with van der Waals surface area (Å²) in [6.07, 6.45) is 3.02. The van der Waals surface area contributed by atoms with Crippen LogP contribution in [0.4, 0.5) is 5.82 Å². The first-order valence-corrected chi connectivity index (χ1v) is 4.20. The Hall–Kier alpha value is -1.75. The maximum absolute atomic E-state index is 5.68. The second-order valence-corrected chi connectivity index (χ2v) is 2.96. The van der Waals surface area contributed by atoms with E-state index in [-0.39, 0.29) is 0 Å². The number of nitrogens with two attached hydrogens (primary N) is 1. The lowest BCUT2D eigenvalue weighted by atomic mass is 10.3. The van der Waals surface area contributed by atoms with E-state index in [0.29, 0.717) is 22.4 Å². The Labute approximate surface area is 85.0 Å². The van der Waals surface area contributed by atoms with Gasteiger partial charge >= 0.3 is 0 Å². The first-order valence-electron chi connectivity index (χ1n) is 3.83. The van der Waals surface area contributed by atoms with Crippen LogP contribution >= 0.6 is 11.6 Å². The first kappa shape index (κ1) is 8.83. The summed E-state index contributed by atoms with van der Waals surface area (Å²) in [5.74, 6) is 0.365. The number of halogens is 1. The maximum atomic E-state index is 5.68. The van der Waals surface area contributed by atoms with Gasteiger partial charge in [0.25, 0.3) is 0 Å². The van der Waals surface area contributed by atoms with Gasteiger partial charge in [-0.1, -0.05) is 11.6 Å². The van der Waals surface area contributed by atoms with Crippen LogP contribution in [-0.4, -0.2) is 20.2 Å². The summed E-state index contributed by atoms with van der Waals surface area (Å²) >= 11 is 5.68. The van der Waals surface area contributed by atoms with Crippen LogP contribution in [0.25, 0.3) is 11.4 Å². The minimum absolute atomic E-state index is 0.320. The van der Waals surface area contributed by atoms with E-state index < -0.39 is 0 Å². The third kappa shape index (κ3) is 1.77. The summed E-state index contributed by atoms with van der Waals surface area (Å²) in [7, 11) is 0. The molecule has 0 aliphatic carbocycles. The fourth-order valence-corrected chi connectivity index (χ4v) is 1.09. The summed E-state index contributed by atoms with van der Waals surface area (Å²) in [4.78, 5) is 7.92. The third-order valence-electron chi connectivity index (χ3n) is 1.55. The maximum Gasteiger partial charge on any atom is 0.148 e. The molecule has 0 radical (unpaired) electrons. The summed E-state index contributed by atoms with van der Waals surface area (Å²) < 4.78 is 0. The normalized spacial score (nSPS) is 10.1. The van der Waals surface area contributed by atoms with Crippen molar-refractivity contribution < 1.29 is 0 Å². The van der Waals surface area contributed by atoms with Gasteiger partial charge in [0.2, 0.25) is 0 Å². The van der Waals surface area contributed by atoms with Gasteiger partial charge in [-0.05, 0) is 12.1 Å². The molecule has 0 saturated heterocycles. The molecule has 0 aliphatic rings. The highest BCUT2D eigenvalue weighted by molar-refractivity contribution is 6.29. The number of hydrogen-bond donors (Lipinski definition) is 1. The van der Waals surface area contributed by atoms with Crippen LogP contribution in [0.5, 0.6) is 0 Å². The largest absolute Gasteiger partial charge is 0.382 e. The van der Waals surface area contributed by atoms with E-state index >= 15 is 0 Å². The highest BCUT2D eigenvalue weighted by Crippen LogP contribution is 2.14. The molecule has 70 valence electrons. The van der Waals surface area contributed by atoms with Gasteiger partial charge in [-0.3, -0.25) is 4.98 Å². The zero-order chi connectivity index (χ0) is 9.97. The van der Waals surface area contributed by atoms with Gasteiger partial charge in [0, 0.05) is 0 Å². The zero-order valence-corrected chi connectivity index (χ0v) is 7.81. The Morgan fingerprint density at radius 1 is 1.07 bits per heavy atom. The van der Waals surface area contributed by atoms with Gasteiger partial charge in [-0.15, -0.1) is 10.2 Å². The summed E-state index contributed by atoms with van der Waals surface area (Å²) in [5, 5.41) is 7.88. The summed E-state index contributed by atoms with van der Waals surface area (Å²) in [6, 6.07) is 3.35. The molecule has 2 aromatic rings. The lowest BCUT2D eigenvalue weighted by Crippen LogP contribution is -1.95. The van der Waals surface area contributed by atoms with E-state index in [4.69, 9.17) is 17.3 Å². The Balaban J connectivity index is 2.44. The van der Waals surface area contributed by atoms with E-state index in [9.17, 15) is 0 Å². The number of hydrogen-bond acceptors (Lipinski definition) is 5. The van der Waals surface area contributed by atoms with Crippen LogP contribution in [0.2, 0.25) is 5.15 Å². The molecule has 0 aromatic carbocycles. The molecule has 0 unspecified atom stereocenters. The van der Waals surface area contributed by atoms with Gasteiger partial charge in [0.15, 0.2) is 0 Å². The van der Waals surface area contributed by atoms with Gasteiger partial charge in [-0.25, -0.2) is 4.98 Å². The van der Waals surface area contributed by atoms with E-state index in [1.54, 1.807) is 18.3 Å². The van der Waals surface area contributed by atoms with Crippen LogP contribution in [-0.2, 0) is 0 Å². The fourth-order valence-electron chi connectivity index (χ4n) is 0.945. The van der Waals surface area contributed by atoms with Crippen LogP contribution in [0.1, 0.15) is 0 Å². The standard InChI is InChI=1S/C8H6ClN5/c9-7-4-11-3-6(12-7)5-1-2-8(10)14-13-5/h1-4H,(H2,10,14). The number of rotatable bonds is 1. The van der Waals surface area contributed by atoms with Gasteiger partial charge in [0.1, 0.15) is 22.4 Å². The quantitative estimate of drug-likeness (QED) is 0.760. The van der Waals surface area contributed by atoms with Gasteiger partial charge < -0.3 is 5.73 Å². The van der Waals surface area contributed by atoms with Crippen molar-refractivity contribution in [3.63, 3.8) is 0 Å².